The number of H-pyrrole nitrogens is 1. The fraction of sp³-hybridized carbons (Fsp3) is 0.263. The zero-order valence-corrected chi connectivity index (χ0v) is 13.7. The summed E-state index contributed by atoms with van der Waals surface area (Å²) in [5.74, 6) is -0.290. The van der Waals surface area contributed by atoms with E-state index in [4.69, 9.17) is 0 Å². The molecule has 0 aliphatic carbocycles. The van der Waals surface area contributed by atoms with Crippen LogP contribution in [0.5, 0.6) is 0 Å². The van der Waals surface area contributed by atoms with Crippen molar-refractivity contribution in [3.8, 4) is 11.3 Å². The minimum Gasteiger partial charge on any atom is -0.384 e. The first-order valence-corrected chi connectivity index (χ1v) is 8.27. The van der Waals surface area contributed by atoms with E-state index >= 15 is 0 Å². The number of benzene rings is 1. The zero-order chi connectivity index (χ0) is 17.3. The van der Waals surface area contributed by atoms with Gasteiger partial charge in [-0.05, 0) is 36.2 Å². The Morgan fingerprint density at radius 2 is 2.04 bits per heavy atom. The number of β-amino-alcohol motifs (C(OH)–C–C–N with tert-alkyl or cyclic N) is 1. The number of rotatable bonds is 4. The Morgan fingerprint density at radius 3 is 2.80 bits per heavy atom. The molecule has 1 aromatic carbocycles. The number of aromatic amines is 1. The van der Waals surface area contributed by atoms with Crippen molar-refractivity contribution in [3.05, 3.63) is 71.9 Å². The van der Waals surface area contributed by atoms with Crippen molar-refractivity contribution >= 4 is 0 Å². The summed E-state index contributed by atoms with van der Waals surface area (Å²) in [5, 5.41) is 18.1. The first-order valence-electron chi connectivity index (χ1n) is 8.27. The fourth-order valence-electron chi connectivity index (χ4n) is 3.43. The van der Waals surface area contributed by atoms with Crippen LogP contribution in [0.3, 0.4) is 0 Å². The van der Waals surface area contributed by atoms with Crippen molar-refractivity contribution in [3.63, 3.8) is 0 Å². The summed E-state index contributed by atoms with van der Waals surface area (Å²) < 4.78 is 13.1. The third-order valence-corrected chi connectivity index (χ3v) is 4.77. The van der Waals surface area contributed by atoms with E-state index in [1.165, 1.54) is 12.1 Å². The van der Waals surface area contributed by atoms with Crippen molar-refractivity contribution in [2.24, 2.45) is 0 Å². The summed E-state index contributed by atoms with van der Waals surface area (Å²) >= 11 is 0. The molecule has 1 saturated heterocycles. The first kappa shape index (κ1) is 15.9. The Bertz CT molecular complexity index is 849. The summed E-state index contributed by atoms with van der Waals surface area (Å²) in [6.07, 6.45) is 5.98. The molecule has 0 saturated carbocycles. The Labute approximate surface area is 145 Å². The molecule has 1 fully saturated rings. The van der Waals surface area contributed by atoms with Crippen molar-refractivity contribution < 1.29 is 9.50 Å². The highest BCUT2D eigenvalue weighted by molar-refractivity contribution is 5.61. The van der Waals surface area contributed by atoms with Gasteiger partial charge in [0.1, 0.15) is 11.4 Å². The third-order valence-electron chi connectivity index (χ3n) is 4.77. The van der Waals surface area contributed by atoms with E-state index in [1.54, 1.807) is 24.5 Å². The lowest BCUT2D eigenvalue weighted by Gasteiger charge is -2.24. The number of hydrogen-bond donors (Lipinski definition) is 2. The second-order valence-corrected chi connectivity index (χ2v) is 6.51. The van der Waals surface area contributed by atoms with E-state index in [0.29, 0.717) is 19.5 Å². The van der Waals surface area contributed by atoms with Crippen LogP contribution in [-0.4, -0.2) is 38.3 Å². The van der Waals surface area contributed by atoms with E-state index in [1.807, 2.05) is 18.3 Å². The van der Waals surface area contributed by atoms with Gasteiger partial charge in [-0.25, -0.2) is 4.39 Å². The Hall–Kier alpha value is -2.57. The van der Waals surface area contributed by atoms with Gasteiger partial charge in [-0.3, -0.25) is 15.0 Å². The first-order chi connectivity index (χ1) is 12.1. The second-order valence-electron chi connectivity index (χ2n) is 6.51. The van der Waals surface area contributed by atoms with E-state index in [2.05, 4.69) is 20.1 Å². The van der Waals surface area contributed by atoms with Crippen LogP contribution in [0.4, 0.5) is 4.39 Å². The predicted molar refractivity (Wildman–Crippen MR) is 92.0 cm³/mol. The van der Waals surface area contributed by atoms with Crippen molar-refractivity contribution in [1.82, 2.24) is 20.1 Å². The summed E-state index contributed by atoms with van der Waals surface area (Å²) in [4.78, 5) is 6.34. The molecule has 1 aliphatic heterocycles. The molecule has 25 heavy (non-hydrogen) atoms. The maximum atomic E-state index is 13.1. The van der Waals surface area contributed by atoms with E-state index in [9.17, 15) is 9.50 Å². The molecule has 1 unspecified atom stereocenters. The van der Waals surface area contributed by atoms with Crippen LogP contribution in [0.1, 0.15) is 17.5 Å². The quantitative estimate of drug-likeness (QED) is 0.768. The molecule has 0 spiro atoms. The summed E-state index contributed by atoms with van der Waals surface area (Å²) in [6, 6.07) is 10.0. The Morgan fingerprint density at radius 1 is 1.20 bits per heavy atom. The largest absolute Gasteiger partial charge is 0.384 e. The van der Waals surface area contributed by atoms with Crippen LogP contribution in [0.25, 0.3) is 11.3 Å². The van der Waals surface area contributed by atoms with E-state index < -0.39 is 5.60 Å². The van der Waals surface area contributed by atoms with Gasteiger partial charge in [0.2, 0.25) is 0 Å². The Kier molecular flexibility index (Phi) is 4.07. The molecule has 3 heterocycles. The van der Waals surface area contributed by atoms with Crippen LogP contribution in [0.15, 0.2) is 55.0 Å². The van der Waals surface area contributed by atoms with Crippen molar-refractivity contribution in [2.75, 3.05) is 13.1 Å². The topological polar surface area (TPSA) is 65.0 Å². The van der Waals surface area contributed by atoms with Gasteiger partial charge in [-0.2, -0.15) is 5.10 Å². The number of hydrogen-bond acceptors (Lipinski definition) is 4. The minimum atomic E-state index is -0.939. The molecular formula is C19H19FN4O. The molecule has 6 heteroatoms. The van der Waals surface area contributed by atoms with Gasteiger partial charge >= 0.3 is 0 Å². The Balaban J connectivity index is 1.51. The zero-order valence-electron chi connectivity index (χ0n) is 13.7. The number of aromatic nitrogens is 3. The molecule has 0 bridgehead atoms. The molecule has 2 aromatic heterocycles. The SMILES string of the molecule is OC1(c2ccc(F)cc2)CCN(Cc2cn[nH]c2-c2cccnc2)C1. The smallest absolute Gasteiger partial charge is 0.123 e. The highest BCUT2D eigenvalue weighted by Gasteiger charge is 2.37. The van der Waals surface area contributed by atoms with Crippen LogP contribution in [-0.2, 0) is 12.1 Å². The van der Waals surface area contributed by atoms with Gasteiger partial charge in [0.05, 0.1) is 11.9 Å². The van der Waals surface area contributed by atoms with Gasteiger partial charge < -0.3 is 5.11 Å². The van der Waals surface area contributed by atoms with Crippen LogP contribution in [0, 0.1) is 5.82 Å². The lowest BCUT2D eigenvalue weighted by molar-refractivity contribution is 0.0452. The minimum absolute atomic E-state index is 0.290. The number of halogens is 1. The number of nitrogens with one attached hydrogen (secondary N) is 1. The van der Waals surface area contributed by atoms with Gasteiger partial charge in [0.15, 0.2) is 0 Å². The average molecular weight is 338 g/mol. The molecule has 5 nitrogen and oxygen atoms in total. The number of nitrogens with zero attached hydrogens (tertiary/aromatic N) is 3. The summed E-state index contributed by atoms with van der Waals surface area (Å²) in [6.45, 7) is 1.96. The predicted octanol–water partition coefficient (Wildman–Crippen LogP) is 2.70. The van der Waals surface area contributed by atoms with Gasteiger partial charge in [0.25, 0.3) is 0 Å². The maximum absolute atomic E-state index is 13.1. The molecule has 3 aromatic rings. The normalized spacial score (nSPS) is 20.9. The molecule has 1 aliphatic rings. The maximum Gasteiger partial charge on any atom is 0.123 e. The highest BCUT2D eigenvalue weighted by Crippen LogP contribution is 2.33. The van der Waals surface area contributed by atoms with Gasteiger partial charge in [-0.1, -0.05) is 12.1 Å². The molecule has 0 amide bonds. The molecule has 0 radical (unpaired) electrons. The lowest BCUT2D eigenvalue weighted by atomic mass is 9.93. The molecule has 1 atom stereocenters. The van der Waals surface area contributed by atoms with Gasteiger partial charge in [-0.15, -0.1) is 0 Å². The fourth-order valence-corrected chi connectivity index (χ4v) is 3.43. The number of likely N-dealkylation sites (tertiary alicyclic amines) is 1. The number of aliphatic hydroxyl groups is 1. The van der Waals surface area contributed by atoms with Crippen LogP contribution < -0.4 is 0 Å². The lowest BCUT2D eigenvalue weighted by Crippen LogP contribution is -2.30. The number of pyridine rings is 1. The second kappa shape index (κ2) is 6.38. The summed E-state index contributed by atoms with van der Waals surface area (Å²) in [7, 11) is 0. The van der Waals surface area contributed by atoms with E-state index in [-0.39, 0.29) is 5.82 Å². The van der Waals surface area contributed by atoms with Gasteiger partial charge in [0, 0.05) is 43.2 Å². The molecule has 4 rings (SSSR count). The molecule has 2 N–H and O–H groups in total. The van der Waals surface area contributed by atoms with E-state index in [0.717, 1.165) is 28.9 Å². The third kappa shape index (κ3) is 3.18. The highest BCUT2D eigenvalue weighted by atomic mass is 19.1. The summed E-state index contributed by atoms with van der Waals surface area (Å²) in [5.41, 5.74) is 2.83. The standard InChI is InChI=1S/C19H19FN4O/c20-17-5-3-16(4-6-17)19(25)7-9-24(13-19)12-15-11-22-23-18(15)14-2-1-8-21-10-14/h1-6,8,10-11,25H,7,9,12-13H2,(H,22,23). The monoisotopic (exact) mass is 338 g/mol. The van der Waals surface area contributed by atoms with Crippen molar-refractivity contribution in [2.45, 2.75) is 18.6 Å². The van der Waals surface area contributed by atoms with Crippen LogP contribution >= 0.6 is 0 Å². The molecule has 128 valence electrons. The van der Waals surface area contributed by atoms with Crippen LogP contribution in [0.2, 0.25) is 0 Å². The van der Waals surface area contributed by atoms with Crippen molar-refractivity contribution in [1.29, 1.82) is 0 Å². The molecular weight excluding hydrogens is 319 g/mol. The average Bonchev–Trinajstić information content (AvgIpc) is 3.24.